The van der Waals surface area contributed by atoms with Gasteiger partial charge in [0.05, 0.1) is 5.69 Å². The number of carbonyl (C=O) groups is 1. The maximum atomic E-state index is 11.8. The van der Waals surface area contributed by atoms with Gasteiger partial charge in [-0.25, -0.2) is 4.68 Å². The first kappa shape index (κ1) is 13.8. The second kappa shape index (κ2) is 5.54. The van der Waals surface area contributed by atoms with E-state index in [1.54, 1.807) is 31.0 Å². The molecule has 0 radical (unpaired) electrons. The van der Waals surface area contributed by atoms with E-state index in [0.29, 0.717) is 12.2 Å². The van der Waals surface area contributed by atoms with Gasteiger partial charge in [0.25, 0.3) is 5.91 Å². The number of benzene rings is 1. The summed E-state index contributed by atoms with van der Waals surface area (Å²) in [6, 6.07) is 7.49. The highest BCUT2D eigenvalue weighted by molar-refractivity contribution is 9.10. The molecule has 0 saturated heterocycles. The van der Waals surface area contributed by atoms with Crippen LogP contribution >= 0.6 is 15.9 Å². The molecule has 100 valence electrons. The monoisotopic (exact) mass is 322 g/mol. The minimum absolute atomic E-state index is 0.120. The van der Waals surface area contributed by atoms with Gasteiger partial charge in [0.2, 0.25) is 0 Å². The third kappa shape index (κ3) is 2.85. The molecule has 2 N–H and O–H groups in total. The molecule has 0 aliphatic rings. The molecule has 0 saturated carbocycles. The van der Waals surface area contributed by atoms with Gasteiger partial charge in [-0.3, -0.25) is 4.79 Å². The molecule has 0 aliphatic heterocycles. The van der Waals surface area contributed by atoms with Gasteiger partial charge in [-0.1, -0.05) is 15.9 Å². The molecular weight excluding hydrogens is 308 g/mol. The Morgan fingerprint density at radius 2 is 2.16 bits per heavy atom. The van der Waals surface area contributed by atoms with Gasteiger partial charge >= 0.3 is 0 Å². The van der Waals surface area contributed by atoms with Crippen LogP contribution in [0.25, 0.3) is 5.69 Å². The maximum Gasteiger partial charge on any atom is 0.273 e. The van der Waals surface area contributed by atoms with E-state index in [1.807, 2.05) is 18.2 Å². The third-order valence-corrected chi connectivity index (χ3v) is 3.22. The van der Waals surface area contributed by atoms with Crippen molar-refractivity contribution >= 4 is 21.8 Å². The predicted octanol–water partition coefficient (Wildman–Crippen LogP) is 1.80. The van der Waals surface area contributed by atoms with Crippen LogP contribution in [0.3, 0.4) is 0 Å². The minimum atomic E-state index is -0.120. The normalized spacial score (nSPS) is 10.5. The number of carbonyl (C=O) groups excluding carboxylic acids is 1. The molecule has 0 fully saturated rings. The number of hydrogen-bond acceptors (Lipinski definition) is 3. The highest BCUT2D eigenvalue weighted by Gasteiger charge is 2.13. The van der Waals surface area contributed by atoms with E-state index in [2.05, 4.69) is 21.0 Å². The Balaban J connectivity index is 2.41. The number of hydrogen-bond donors (Lipinski definition) is 1. The standard InChI is InChI=1S/C13H15BrN4O/c1-17(2)13(19)11-5-6-18(16-11)12-4-3-10(14)7-9(12)8-15/h3-7H,8,15H2,1-2H3. The summed E-state index contributed by atoms with van der Waals surface area (Å²) in [5, 5.41) is 4.29. The lowest BCUT2D eigenvalue weighted by Crippen LogP contribution is -2.22. The zero-order valence-electron chi connectivity index (χ0n) is 10.8. The first-order valence-corrected chi connectivity index (χ1v) is 6.58. The van der Waals surface area contributed by atoms with Gasteiger partial charge in [-0.15, -0.1) is 0 Å². The molecule has 0 bridgehead atoms. The van der Waals surface area contributed by atoms with Crippen LogP contribution in [0.4, 0.5) is 0 Å². The summed E-state index contributed by atoms with van der Waals surface area (Å²) in [4.78, 5) is 13.3. The van der Waals surface area contributed by atoms with Crippen LogP contribution in [0.5, 0.6) is 0 Å². The van der Waals surface area contributed by atoms with Crippen molar-refractivity contribution in [3.63, 3.8) is 0 Å². The Morgan fingerprint density at radius 3 is 2.79 bits per heavy atom. The number of halogens is 1. The summed E-state index contributed by atoms with van der Waals surface area (Å²) in [5.41, 5.74) is 7.99. The fourth-order valence-corrected chi connectivity index (χ4v) is 2.15. The third-order valence-electron chi connectivity index (χ3n) is 2.72. The van der Waals surface area contributed by atoms with Gasteiger partial charge in [0.1, 0.15) is 0 Å². The minimum Gasteiger partial charge on any atom is -0.343 e. The van der Waals surface area contributed by atoms with Crippen molar-refractivity contribution < 1.29 is 4.79 Å². The van der Waals surface area contributed by atoms with Crippen LogP contribution < -0.4 is 5.73 Å². The van der Waals surface area contributed by atoms with Gasteiger partial charge in [-0.2, -0.15) is 5.10 Å². The number of nitrogens with zero attached hydrogens (tertiary/aromatic N) is 3. The zero-order chi connectivity index (χ0) is 14.0. The van der Waals surface area contributed by atoms with Crippen LogP contribution in [-0.4, -0.2) is 34.7 Å². The van der Waals surface area contributed by atoms with E-state index < -0.39 is 0 Å². The summed E-state index contributed by atoms with van der Waals surface area (Å²) in [7, 11) is 3.40. The van der Waals surface area contributed by atoms with Crippen molar-refractivity contribution in [3.8, 4) is 5.69 Å². The highest BCUT2D eigenvalue weighted by atomic mass is 79.9. The van der Waals surface area contributed by atoms with E-state index in [1.165, 1.54) is 4.90 Å². The summed E-state index contributed by atoms with van der Waals surface area (Å²) in [6.07, 6.45) is 1.76. The van der Waals surface area contributed by atoms with E-state index in [9.17, 15) is 4.79 Å². The van der Waals surface area contributed by atoms with Gasteiger partial charge in [0.15, 0.2) is 5.69 Å². The van der Waals surface area contributed by atoms with Crippen LogP contribution in [0.1, 0.15) is 16.1 Å². The van der Waals surface area contributed by atoms with E-state index >= 15 is 0 Å². The Morgan fingerprint density at radius 1 is 1.42 bits per heavy atom. The summed E-state index contributed by atoms with van der Waals surface area (Å²) >= 11 is 3.41. The molecule has 0 atom stereocenters. The second-order valence-electron chi connectivity index (χ2n) is 4.32. The molecule has 1 aromatic carbocycles. The quantitative estimate of drug-likeness (QED) is 0.937. The summed E-state index contributed by atoms with van der Waals surface area (Å²) in [6.45, 7) is 0.408. The van der Waals surface area contributed by atoms with Gasteiger partial charge < -0.3 is 10.6 Å². The van der Waals surface area contributed by atoms with Crippen LogP contribution in [0, 0.1) is 0 Å². The fourth-order valence-electron chi connectivity index (χ4n) is 1.74. The Hall–Kier alpha value is -1.66. The SMILES string of the molecule is CN(C)C(=O)c1ccn(-c2ccc(Br)cc2CN)n1. The Kier molecular flexibility index (Phi) is 4.01. The molecule has 1 heterocycles. The summed E-state index contributed by atoms with van der Waals surface area (Å²) in [5.74, 6) is -0.120. The van der Waals surface area contributed by atoms with Crippen molar-refractivity contribution in [1.82, 2.24) is 14.7 Å². The number of aromatic nitrogens is 2. The average Bonchev–Trinajstić information content (AvgIpc) is 2.86. The van der Waals surface area contributed by atoms with Crippen molar-refractivity contribution in [2.24, 2.45) is 5.73 Å². The van der Waals surface area contributed by atoms with Crippen molar-refractivity contribution in [1.29, 1.82) is 0 Å². The van der Waals surface area contributed by atoms with Gasteiger partial charge in [-0.05, 0) is 29.8 Å². The Labute approximate surface area is 120 Å². The first-order valence-electron chi connectivity index (χ1n) is 5.79. The molecule has 19 heavy (non-hydrogen) atoms. The lowest BCUT2D eigenvalue weighted by molar-refractivity contribution is 0.0821. The lowest BCUT2D eigenvalue weighted by Gasteiger charge is -2.09. The summed E-state index contributed by atoms with van der Waals surface area (Å²) < 4.78 is 2.64. The van der Waals surface area contributed by atoms with Crippen molar-refractivity contribution in [3.05, 3.63) is 46.2 Å². The molecule has 2 aromatic rings. The molecule has 0 spiro atoms. The van der Waals surface area contributed by atoms with E-state index in [-0.39, 0.29) is 5.91 Å². The van der Waals surface area contributed by atoms with Gasteiger partial charge in [0, 0.05) is 31.3 Å². The number of nitrogens with two attached hydrogens (primary N) is 1. The Bertz CT molecular complexity index is 606. The average molecular weight is 323 g/mol. The zero-order valence-corrected chi connectivity index (χ0v) is 12.4. The molecule has 6 heteroatoms. The molecule has 0 unspecified atom stereocenters. The largest absolute Gasteiger partial charge is 0.343 e. The van der Waals surface area contributed by atoms with Crippen molar-refractivity contribution in [2.45, 2.75) is 6.54 Å². The molecule has 2 rings (SSSR count). The molecule has 0 aliphatic carbocycles. The molecule has 1 amide bonds. The first-order chi connectivity index (χ1) is 9.02. The smallest absolute Gasteiger partial charge is 0.273 e. The van der Waals surface area contributed by atoms with E-state index in [4.69, 9.17) is 5.73 Å². The van der Waals surface area contributed by atoms with Crippen LogP contribution in [0.2, 0.25) is 0 Å². The van der Waals surface area contributed by atoms with E-state index in [0.717, 1.165) is 15.7 Å². The lowest BCUT2D eigenvalue weighted by atomic mass is 10.2. The van der Waals surface area contributed by atoms with Crippen LogP contribution in [-0.2, 0) is 6.54 Å². The molecule has 5 nitrogen and oxygen atoms in total. The maximum absolute atomic E-state index is 11.8. The predicted molar refractivity (Wildman–Crippen MR) is 77.2 cm³/mol. The molecular formula is C13H15BrN4O. The fraction of sp³-hybridized carbons (Fsp3) is 0.231. The topological polar surface area (TPSA) is 64.2 Å². The van der Waals surface area contributed by atoms with Crippen molar-refractivity contribution in [2.75, 3.05) is 14.1 Å². The second-order valence-corrected chi connectivity index (χ2v) is 5.24. The number of rotatable bonds is 3. The highest BCUT2D eigenvalue weighted by Crippen LogP contribution is 2.19. The number of amides is 1. The molecule has 1 aromatic heterocycles. The van der Waals surface area contributed by atoms with Crippen LogP contribution in [0.15, 0.2) is 34.9 Å².